The zero-order valence-electron chi connectivity index (χ0n) is 21.5. The van der Waals surface area contributed by atoms with E-state index in [4.69, 9.17) is 17.3 Å². The van der Waals surface area contributed by atoms with Crippen LogP contribution in [0.1, 0.15) is 43.2 Å². The summed E-state index contributed by atoms with van der Waals surface area (Å²) in [6.45, 7) is 4.14. The summed E-state index contributed by atoms with van der Waals surface area (Å²) in [6.07, 6.45) is 7.06. The molecule has 4 rings (SSSR count). The van der Waals surface area contributed by atoms with Crippen molar-refractivity contribution in [3.05, 3.63) is 64.7 Å². The van der Waals surface area contributed by atoms with Crippen LogP contribution < -0.4 is 16.0 Å². The molecular weight excluding hydrogens is 504 g/mol. The zero-order chi connectivity index (χ0) is 26.0. The summed E-state index contributed by atoms with van der Waals surface area (Å²) in [5, 5.41) is 4.18. The largest absolute Gasteiger partial charge is 0.368 e. The third kappa shape index (κ3) is 9.24. The van der Waals surface area contributed by atoms with Gasteiger partial charge in [-0.25, -0.2) is 0 Å². The van der Waals surface area contributed by atoms with Gasteiger partial charge in [-0.1, -0.05) is 66.5 Å². The number of thioether (sulfide) groups is 1. The van der Waals surface area contributed by atoms with Gasteiger partial charge in [-0.05, 0) is 67.5 Å². The second kappa shape index (κ2) is 14.1. The van der Waals surface area contributed by atoms with Crippen molar-refractivity contribution in [2.75, 3.05) is 43.4 Å². The summed E-state index contributed by atoms with van der Waals surface area (Å²) >= 11 is 7.18. The Morgan fingerprint density at radius 1 is 1.03 bits per heavy atom. The minimum atomic E-state index is -0.289. The summed E-state index contributed by atoms with van der Waals surface area (Å²) in [4.78, 5) is 28.3. The number of primary amides is 1. The molecule has 1 atom stereocenters. The molecule has 1 saturated carbocycles. The number of nitrogens with zero attached hydrogens (tertiary/aromatic N) is 2. The van der Waals surface area contributed by atoms with E-state index >= 15 is 0 Å². The topological polar surface area (TPSA) is 78.7 Å². The number of carbonyl (C=O) groups excluding carboxylic acids is 2. The van der Waals surface area contributed by atoms with Crippen LogP contribution in [-0.4, -0.2) is 60.6 Å². The van der Waals surface area contributed by atoms with Crippen LogP contribution >= 0.6 is 23.4 Å². The van der Waals surface area contributed by atoms with Crippen molar-refractivity contribution in [2.45, 2.75) is 51.0 Å². The van der Waals surface area contributed by atoms with E-state index in [9.17, 15) is 9.59 Å². The van der Waals surface area contributed by atoms with Gasteiger partial charge in [0.1, 0.15) is 0 Å². The number of amides is 2. The number of anilines is 1. The molecule has 200 valence electrons. The van der Waals surface area contributed by atoms with Crippen molar-refractivity contribution < 1.29 is 9.59 Å². The number of rotatable bonds is 13. The number of piperazine rings is 1. The fourth-order valence-corrected chi connectivity index (χ4v) is 5.79. The molecule has 2 amide bonds. The third-order valence-electron chi connectivity index (χ3n) is 7.36. The molecule has 37 heavy (non-hydrogen) atoms. The molecule has 8 heteroatoms. The molecule has 3 N–H and O–H groups in total. The molecule has 1 saturated heterocycles. The van der Waals surface area contributed by atoms with E-state index in [1.807, 2.05) is 29.2 Å². The normalized spacial score (nSPS) is 16.6. The van der Waals surface area contributed by atoms with Gasteiger partial charge in [-0.2, -0.15) is 0 Å². The first kappa shape index (κ1) is 27.8. The second-order valence-electron chi connectivity index (χ2n) is 10.2. The molecule has 1 aliphatic heterocycles. The number of hydrogen-bond donors (Lipinski definition) is 2. The summed E-state index contributed by atoms with van der Waals surface area (Å²) in [7, 11) is 0. The van der Waals surface area contributed by atoms with E-state index in [1.165, 1.54) is 42.3 Å². The van der Waals surface area contributed by atoms with Crippen LogP contribution in [0.15, 0.2) is 48.5 Å². The highest BCUT2D eigenvalue weighted by Crippen LogP contribution is 2.34. The van der Waals surface area contributed by atoms with E-state index in [2.05, 4.69) is 34.5 Å². The lowest BCUT2D eigenvalue weighted by Crippen LogP contribution is -2.49. The summed E-state index contributed by atoms with van der Waals surface area (Å²) in [5.74, 6) is 1.84. The summed E-state index contributed by atoms with van der Waals surface area (Å²) in [6, 6.07) is 16.8. The number of para-hydroxylation sites is 1. The monoisotopic (exact) mass is 542 g/mol. The molecule has 2 fully saturated rings. The number of hydrogen-bond acceptors (Lipinski definition) is 5. The minimum absolute atomic E-state index is 0.225. The highest BCUT2D eigenvalue weighted by molar-refractivity contribution is 8.13. The number of aryl methyl sites for hydroxylation is 1. The molecule has 0 aromatic heterocycles. The minimum Gasteiger partial charge on any atom is -0.368 e. The van der Waals surface area contributed by atoms with Crippen molar-refractivity contribution >= 4 is 40.2 Å². The lowest BCUT2D eigenvalue weighted by molar-refractivity contribution is -0.131. The van der Waals surface area contributed by atoms with Crippen LogP contribution in [-0.2, 0) is 17.6 Å². The maximum absolute atomic E-state index is 12.8. The van der Waals surface area contributed by atoms with Gasteiger partial charge in [0.15, 0.2) is 0 Å². The van der Waals surface area contributed by atoms with Gasteiger partial charge in [-0.3, -0.25) is 9.59 Å². The van der Waals surface area contributed by atoms with Crippen LogP contribution in [0.5, 0.6) is 0 Å². The quantitative estimate of drug-likeness (QED) is 0.367. The van der Waals surface area contributed by atoms with Crippen molar-refractivity contribution in [3.8, 4) is 0 Å². The van der Waals surface area contributed by atoms with E-state index in [0.717, 1.165) is 74.2 Å². The number of carbonyl (C=O) groups is 2. The Morgan fingerprint density at radius 3 is 2.46 bits per heavy atom. The molecule has 2 aromatic rings. The van der Waals surface area contributed by atoms with Gasteiger partial charge >= 0.3 is 0 Å². The smallest absolute Gasteiger partial charge is 0.276 e. The van der Waals surface area contributed by atoms with Gasteiger partial charge in [0, 0.05) is 55.1 Å². The fraction of sp³-hybridized carbons (Fsp3) is 0.517. The molecular formula is C29H39ClN4O2S. The van der Waals surface area contributed by atoms with Crippen molar-refractivity contribution in [2.24, 2.45) is 11.7 Å². The van der Waals surface area contributed by atoms with Crippen molar-refractivity contribution in [1.29, 1.82) is 0 Å². The Morgan fingerprint density at radius 2 is 1.76 bits per heavy atom. The number of benzene rings is 2. The molecule has 1 aliphatic carbocycles. The van der Waals surface area contributed by atoms with Crippen LogP contribution in [0, 0.1) is 5.92 Å². The van der Waals surface area contributed by atoms with Gasteiger partial charge in [-0.15, -0.1) is 0 Å². The van der Waals surface area contributed by atoms with Gasteiger partial charge in [0.05, 0.1) is 0 Å². The molecule has 1 heterocycles. The van der Waals surface area contributed by atoms with Crippen molar-refractivity contribution in [1.82, 2.24) is 10.2 Å². The maximum atomic E-state index is 12.8. The van der Waals surface area contributed by atoms with E-state index in [1.54, 1.807) is 0 Å². The van der Waals surface area contributed by atoms with E-state index < -0.39 is 0 Å². The van der Waals surface area contributed by atoms with Crippen LogP contribution in [0.25, 0.3) is 0 Å². The second-order valence-corrected chi connectivity index (χ2v) is 11.7. The number of halogens is 1. The van der Waals surface area contributed by atoms with E-state index in [-0.39, 0.29) is 11.1 Å². The van der Waals surface area contributed by atoms with Gasteiger partial charge in [0.2, 0.25) is 5.91 Å². The maximum Gasteiger partial charge on any atom is 0.276 e. The van der Waals surface area contributed by atoms with Gasteiger partial charge in [0.25, 0.3) is 5.24 Å². The van der Waals surface area contributed by atoms with Crippen LogP contribution in [0.2, 0.25) is 5.02 Å². The first-order valence-electron chi connectivity index (χ1n) is 13.5. The molecule has 0 bridgehead atoms. The SMILES string of the molecule is NC(=O)SCCC(CC1CC1)NCCc1ccccc1N1CCN(C(=O)CCc2ccc(Cl)cc2)CC1. The van der Waals surface area contributed by atoms with Crippen molar-refractivity contribution in [3.63, 3.8) is 0 Å². The standard InChI is InChI=1S/C29H39ClN4O2S/c30-25-10-7-22(8-11-25)9-12-28(35)34-18-16-33(17-19-34)27-4-2-1-3-24(27)13-15-32-26(21-23-5-6-23)14-20-37-29(31)36/h1-4,7-8,10-11,23,26,32H,5-6,9,12-21H2,(H2,31,36). The molecule has 2 aliphatic rings. The van der Waals surface area contributed by atoms with Crippen LogP contribution in [0.3, 0.4) is 0 Å². The molecule has 6 nitrogen and oxygen atoms in total. The first-order chi connectivity index (χ1) is 18.0. The Bertz CT molecular complexity index is 1020. The lowest BCUT2D eigenvalue weighted by Gasteiger charge is -2.37. The average molecular weight is 543 g/mol. The third-order valence-corrected chi connectivity index (χ3v) is 8.33. The summed E-state index contributed by atoms with van der Waals surface area (Å²) < 4.78 is 0. The Labute approximate surface area is 230 Å². The van der Waals surface area contributed by atoms with E-state index in [0.29, 0.717) is 12.5 Å². The number of nitrogens with two attached hydrogens (primary N) is 1. The molecule has 0 radical (unpaired) electrons. The fourth-order valence-electron chi connectivity index (χ4n) is 5.06. The number of nitrogens with one attached hydrogen (secondary N) is 1. The predicted octanol–water partition coefficient (Wildman–Crippen LogP) is 5.12. The van der Waals surface area contributed by atoms with Gasteiger partial charge < -0.3 is 20.9 Å². The zero-order valence-corrected chi connectivity index (χ0v) is 23.1. The molecule has 2 aromatic carbocycles. The highest BCUT2D eigenvalue weighted by Gasteiger charge is 2.26. The Balaban J connectivity index is 1.23. The Hall–Kier alpha value is -2.22. The predicted molar refractivity (Wildman–Crippen MR) is 155 cm³/mol. The van der Waals surface area contributed by atoms with Crippen LogP contribution in [0.4, 0.5) is 10.5 Å². The lowest BCUT2D eigenvalue weighted by atomic mass is 10.1. The average Bonchev–Trinajstić information content (AvgIpc) is 3.72. The Kier molecular flexibility index (Phi) is 10.6. The highest BCUT2D eigenvalue weighted by atomic mass is 35.5. The molecule has 1 unspecified atom stereocenters. The summed E-state index contributed by atoms with van der Waals surface area (Å²) in [5.41, 5.74) is 9.06. The first-order valence-corrected chi connectivity index (χ1v) is 14.8. The molecule has 0 spiro atoms.